The molecule has 0 nitrogen and oxygen atoms in total. The topological polar surface area (TPSA) is 0 Å². The van der Waals surface area contributed by atoms with Crippen LogP contribution in [-0.4, -0.2) is 27.3 Å². The van der Waals surface area contributed by atoms with Crippen molar-refractivity contribution in [2.24, 2.45) is 0 Å². The minimum atomic E-state index is 0. The van der Waals surface area contributed by atoms with Gasteiger partial charge in [0.2, 0.25) is 0 Å². The summed E-state index contributed by atoms with van der Waals surface area (Å²) in [5, 5.41) is 0. The van der Waals surface area contributed by atoms with Crippen LogP contribution in [0.25, 0.3) is 0 Å². The van der Waals surface area contributed by atoms with Crippen LogP contribution in [0.4, 0.5) is 0 Å². The molecule has 99 valence electrons. The van der Waals surface area contributed by atoms with E-state index in [9.17, 15) is 0 Å². The van der Waals surface area contributed by atoms with Crippen molar-refractivity contribution >= 4 is 27.3 Å². The Labute approximate surface area is 152 Å². The van der Waals surface area contributed by atoms with Crippen molar-refractivity contribution in [2.75, 3.05) is 0 Å². The molecule has 0 bridgehead atoms. The van der Waals surface area contributed by atoms with E-state index in [1.54, 1.807) is 0 Å². The van der Waals surface area contributed by atoms with E-state index in [0.717, 1.165) is 0 Å². The van der Waals surface area contributed by atoms with E-state index in [1.165, 1.54) is 0 Å². The zero-order valence-electron chi connectivity index (χ0n) is 11.0. The van der Waals surface area contributed by atoms with Crippen molar-refractivity contribution in [3.63, 3.8) is 0 Å². The molecule has 7 radical (unpaired) electrons. The van der Waals surface area contributed by atoms with Gasteiger partial charge in [0.05, 0.1) is 0 Å². The molecule has 0 atom stereocenters. The first kappa shape index (κ1) is 21.4. The zero-order valence-corrected chi connectivity index (χ0v) is 16.5. The Hall–Kier alpha value is -0.938. The molecule has 0 aromatic heterocycles. The molecule has 3 aromatic carbocycles. The summed E-state index contributed by atoms with van der Waals surface area (Å²) in [5.74, 6) is 0. The monoisotopic (exact) mass is 518 g/mol. The summed E-state index contributed by atoms with van der Waals surface area (Å²) in [5.41, 5.74) is 0. The van der Waals surface area contributed by atoms with Crippen molar-refractivity contribution in [2.45, 2.75) is 0 Å². The van der Waals surface area contributed by atoms with Crippen molar-refractivity contribution < 1.29 is 17.0 Å². The number of halogens is 1. The van der Waals surface area contributed by atoms with Gasteiger partial charge in [-0.15, -0.1) is 0 Å². The Balaban J connectivity index is 0. The van der Waals surface area contributed by atoms with Crippen LogP contribution in [0.2, 0.25) is 0 Å². The molecule has 3 aromatic rings. The quantitative estimate of drug-likeness (QED) is 0.391. The van der Waals surface area contributed by atoms with Crippen LogP contribution >= 0.6 is 0 Å². The molecule has 0 unspecified atom stereocenters. The Kier molecular flexibility index (Phi) is 19.3. The molecule has 2 heteroatoms. The molecule has 0 fully saturated rings. The molecule has 0 heterocycles. The standard InChI is InChI=1S/3C6H5.BrH.Pb/c3*1-2-4-6-5-3-1;;/h3*1-5H;1H;/p-1. The molecule has 0 spiro atoms. The third-order valence-corrected chi connectivity index (χ3v) is 1.82. The molecule has 0 N–H and O–H groups in total. The van der Waals surface area contributed by atoms with E-state index in [1.807, 2.05) is 91.0 Å². The Bertz CT molecular complexity index is 302. The second-order valence-corrected chi connectivity index (χ2v) is 3.23. The summed E-state index contributed by atoms with van der Waals surface area (Å²) < 4.78 is 0. The van der Waals surface area contributed by atoms with Gasteiger partial charge in [-0.25, -0.2) is 0 Å². The van der Waals surface area contributed by atoms with E-state index in [-0.39, 0.29) is 44.3 Å². The molecule has 0 aliphatic heterocycles. The maximum atomic E-state index is 2.89. The average molecular weight is 518 g/mol. The van der Waals surface area contributed by atoms with Gasteiger partial charge in [-0.05, 0) is 18.2 Å². The second kappa shape index (κ2) is 18.1. The SMILES string of the molecule is [Br-].[Pb].[c]1ccccc1.[c]1ccccc1.[c]1ccccc1. The number of hydrogen-bond donors (Lipinski definition) is 0. The Morgan fingerprint density at radius 1 is 0.350 bits per heavy atom. The second-order valence-electron chi connectivity index (χ2n) is 3.23. The normalized spacial score (nSPS) is 7.20. The first-order valence-corrected chi connectivity index (χ1v) is 5.73. The molecule has 0 saturated heterocycles. The van der Waals surface area contributed by atoms with Gasteiger partial charge in [-0.2, -0.15) is 0 Å². The molecule has 0 aliphatic rings. The summed E-state index contributed by atoms with van der Waals surface area (Å²) in [6.07, 6.45) is 0. The predicted molar refractivity (Wildman–Crippen MR) is 81.6 cm³/mol. The van der Waals surface area contributed by atoms with E-state index >= 15 is 0 Å². The Morgan fingerprint density at radius 2 is 0.550 bits per heavy atom. The minimum Gasteiger partial charge on any atom is -1.00 e. The van der Waals surface area contributed by atoms with E-state index in [2.05, 4.69) is 18.2 Å². The molecule has 3 rings (SSSR count). The zero-order chi connectivity index (χ0) is 12.7. The summed E-state index contributed by atoms with van der Waals surface area (Å²) in [6.45, 7) is 0. The van der Waals surface area contributed by atoms with E-state index in [4.69, 9.17) is 0 Å². The molecule has 20 heavy (non-hydrogen) atoms. The van der Waals surface area contributed by atoms with Crippen LogP contribution in [0.5, 0.6) is 0 Å². The number of rotatable bonds is 0. The van der Waals surface area contributed by atoms with Gasteiger partial charge in [0.15, 0.2) is 0 Å². The van der Waals surface area contributed by atoms with Gasteiger partial charge in [0.25, 0.3) is 0 Å². The van der Waals surface area contributed by atoms with Gasteiger partial charge < -0.3 is 17.0 Å². The van der Waals surface area contributed by atoms with Gasteiger partial charge in [-0.1, -0.05) is 91.0 Å². The van der Waals surface area contributed by atoms with Crippen LogP contribution in [0.1, 0.15) is 0 Å². The molecular weight excluding hydrogens is 503 g/mol. The predicted octanol–water partition coefficient (Wildman–Crippen LogP) is 1.08. The van der Waals surface area contributed by atoms with Crippen LogP contribution in [-0.2, 0) is 0 Å². The fourth-order valence-corrected chi connectivity index (χ4v) is 1.03. The van der Waals surface area contributed by atoms with Crippen molar-refractivity contribution in [3.8, 4) is 0 Å². The molecular formula is C18H15BrPb-. The average Bonchev–Trinajstić information content (AvgIpc) is 2.54. The van der Waals surface area contributed by atoms with Crippen molar-refractivity contribution in [1.82, 2.24) is 0 Å². The van der Waals surface area contributed by atoms with Crippen LogP contribution in [0, 0.1) is 18.2 Å². The molecule has 0 aliphatic carbocycles. The van der Waals surface area contributed by atoms with Crippen LogP contribution in [0.15, 0.2) is 91.0 Å². The maximum Gasteiger partial charge on any atom is 0 e. The van der Waals surface area contributed by atoms with Gasteiger partial charge in [0, 0.05) is 27.3 Å². The smallest absolute Gasteiger partial charge is 0 e. The van der Waals surface area contributed by atoms with Gasteiger partial charge >= 0.3 is 0 Å². The number of benzene rings is 3. The fraction of sp³-hybridized carbons (Fsp3) is 0. The largest absolute Gasteiger partial charge is 1.00 e. The molecule has 0 amide bonds. The first-order valence-electron chi connectivity index (χ1n) is 5.73. The third-order valence-electron chi connectivity index (χ3n) is 1.82. The summed E-state index contributed by atoms with van der Waals surface area (Å²) in [6, 6.07) is 37.5. The van der Waals surface area contributed by atoms with Crippen molar-refractivity contribution in [1.29, 1.82) is 0 Å². The van der Waals surface area contributed by atoms with Gasteiger partial charge in [-0.3, -0.25) is 0 Å². The van der Waals surface area contributed by atoms with Gasteiger partial charge in [0.1, 0.15) is 0 Å². The maximum absolute atomic E-state index is 2.89. The Morgan fingerprint density at radius 3 is 0.600 bits per heavy atom. The van der Waals surface area contributed by atoms with E-state index < -0.39 is 0 Å². The summed E-state index contributed by atoms with van der Waals surface area (Å²) in [4.78, 5) is 0. The summed E-state index contributed by atoms with van der Waals surface area (Å²) >= 11 is 0. The summed E-state index contributed by atoms with van der Waals surface area (Å²) in [7, 11) is 0. The van der Waals surface area contributed by atoms with Crippen LogP contribution < -0.4 is 17.0 Å². The fourth-order valence-electron chi connectivity index (χ4n) is 1.03. The minimum absolute atomic E-state index is 0. The first-order chi connectivity index (χ1) is 9.00. The van der Waals surface area contributed by atoms with E-state index in [0.29, 0.717) is 0 Å². The van der Waals surface area contributed by atoms with Crippen LogP contribution in [0.3, 0.4) is 0 Å². The molecule has 0 saturated carbocycles. The third kappa shape index (κ3) is 15.1. The number of hydrogen-bond acceptors (Lipinski definition) is 0. The van der Waals surface area contributed by atoms with Crippen molar-refractivity contribution in [3.05, 3.63) is 109 Å².